The van der Waals surface area contributed by atoms with E-state index in [1.165, 1.54) is 0 Å². The number of rotatable bonds is 3. The largest absolute Gasteiger partial charge is 0.309 e. The Morgan fingerprint density at radius 2 is 1.55 bits per heavy atom. The lowest BCUT2D eigenvalue weighted by Crippen LogP contribution is -2.43. The quantitative estimate of drug-likeness (QED) is 0.632. The van der Waals surface area contributed by atoms with Crippen LogP contribution in [0.4, 0.5) is 13.2 Å². The summed E-state index contributed by atoms with van der Waals surface area (Å²) in [5.74, 6) is -2.58. The molecule has 0 spiro atoms. The molecule has 0 rings (SSSR count). The lowest BCUT2D eigenvalue weighted by atomic mass is 10.0. The van der Waals surface area contributed by atoms with E-state index < -0.39 is 17.9 Å². The van der Waals surface area contributed by atoms with Crippen LogP contribution in [0.5, 0.6) is 0 Å². The Labute approximate surface area is 64.5 Å². The van der Waals surface area contributed by atoms with Crippen LogP contribution in [-0.4, -0.2) is 17.9 Å². The summed E-state index contributed by atoms with van der Waals surface area (Å²) < 4.78 is 42.1. The van der Waals surface area contributed by atoms with Gasteiger partial charge in [-0.15, -0.1) is 0 Å². The summed E-state index contributed by atoms with van der Waals surface area (Å²) in [7, 11) is 0. The molecule has 0 fully saturated rings. The van der Waals surface area contributed by atoms with E-state index in [1.807, 2.05) is 0 Å². The van der Waals surface area contributed by atoms with Crippen LogP contribution in [0.3, 0.4) is 0 Å². The Morgan fingerprint density at radius 3 is 1.64 bits per heavy atom. The molecular formula is C7H13F3O. The van der Waals surface area contributed by atoms with Gasteiger partial charge in [-0.1, -0.05) is 0 Å². The fraction of sp³-hybridized carbons (Fsp3) is 1.00. The smallest absolute Gasteiger partial charge is 0.242 e. The predicted molar refractivity (Wildman–Crippen MR) is 36.4 cm³/mol. The SMILES string of the molecule is CC(F)OC(C)(F)C(C)(C)F. The van der Waals surface area contributed by atoms with Gasteiger partial charge in [0.25, 0.3) is 0 Å². The summed E-state index contributed by atoms with van der Waals surface area (Å²) in [6.07, 6.45) is -1.81. The first-order chi connectivity index (χ1) is 4.67. The highest BCUT2D eigenvalue weighted by molar-refractivity contribution is 4.82. The zero-order valence-corrected chi connectivity index (χ0v) is 7.12. The molecular weight excluding hydrogens is 157 g/mol. The summed E-state index contributed by atoms with van der Waals surface area (Å²) in [5, 5.41) is 0. The Kier molecular flexibility index (Phi) is 2.94. The Morgan fingerprint density at radius 1 is 1.18 bits per heavy atom. The van der Waals surface area contributed by atoms with E-state index in [4.69, 9.17) is 0 Å². The van der Waals surface area contributed by atoms with Crippen molar-refractivity contribution < 1.29 is 17.9 Å². The maximum absolute atomic E-state index is 13.0. The molecule has 0 aromatic heterocycles. The highest BCUT2D eigenvalue weighted by atomic mass is 19.2. The first-order valence-corrected chi connectivity index (χ1v) is 3.36. The first kappa shape index (κ1) is 10.8. The van der Waals surface area contributed by atoms with Gasteiger partial charge in [0.2, 0.25) is 5.85 Å². The van der Waals surface area contributed by atoms with Crippen LogP contribution in [0.15, 0.2) is 0 Å². The average Bonchev–Trinajstić information content (AvgIpc) is 1.56. The van der Waals surface area contributed by atoms with E-state index in [2.05, 4.69) is 4.74 Å². The molecule has 0 saturated carbocycles. The first-order valence-electron chi connectivity index (χ1n) is 3.36. The number of halogens is 3. The summed E-state index contributed by atoms with van der Waals surface area (Å²) in [4.78, 5) is 0. The monoisotopic (exact) mass is 170 g/mol. The van der Waals surface area contributed by atoms with Gasteiger partial charge in [0.1, 0.15) is 0 Å². The van der Waals surface area contributed by atoms with Crippen molar-refractivity contribution in [1.82, 2.24) is 0 Å². The number of hydrogen-bond donors (Lipinski definition) is 0. The molecule has 4 heteroatoms. The van der Waals surface area contributed by atoms with Gasteiger partial charge in [-0.2, -0.15) is 0 Å². The van der Waals surface area contributed by atoms with Crippen LogP contribution >= 0.6 is 0 Å². The van der Waals surface area contributed by atoms with Crippen LogP contribution < -0.4 is 0 Å². The van der Waals surface area contributed by atoms with Crippen LogP contribution in [0.25, 0.3) is 0 Å². The number of alkyl halides is 3. The van der Waals surface area contributed by atoms with Crippen LogP contribution in [-0.2, 0) is 4.74 Å². The minimum atomic E-state index is -2.58. The maximum Gasteiger partial charge on any atom is 0.242 e. The van der Waals surface area contributed by atoms with Crippen molar-refractivity contribution in [3.05, 3.63) is 0 Å². The third-order valence-corrected chi connectivity index (χ3v) is 1.45. The topological polar surface area (TPSA) is 9.23 Å². The van der Waals surface area contributed by atoms with E-state index in [0.29, 0.717) is 0 Å². The van der Waals surface area contributed by atoms with Gasteiger partial charge in [0, 0.05) is 0 Å². The maximum atomic E-state index is 13.0. The Bertz CT molecular complexity index is 126. The van der Waals surface area contributed by atoms with Crippen molar-refractivity contribution in [2.45, 2.75) is 45.6 Å². The third-order valence-electron chi connectivity index (χ3n) is 1.45. The van der Waals surface area contributed by atoms with Crippen molar-refractivity contribution in [1.29, 1.82) is 0 Å². The molecule has 0 N–H and O–H groups in total. The minimum Gasteiger partial charge on any atom is -0.309 e. The fourth-order valence-electron chi connectivity index (χ4n) is 0.445. The van der Waals surface area contributed by atoms with E-state index in [1.54, 1.807) is 0 Å². The van der Waals surface area contributed by atoms with Crippen molar-refractivity contribution in [3.63, 3.8) is 0 Å². The number of hydrogen-bond acceptors (Lipinski definition) is 1. The Hall–Kier alpha value is -0.250. The molecule has 0 aromatic carbocycles. The molecule has 68 valence electrons. The minimum absolute atomic E-state index is 0.864. The second kappa shape index (κ2) is 3.01. The van der Waals surface area contributed by atoms with Crippen LogP contribution in [0, 0.1) is 0 Å². The molecule has 0 aliphatic carbocycles. The zero-order valence-electron chi connectivity index (χ0n) is 7.12. The van der Waals surface area contributed by atoms with Gasteiger partial charge < -0.3 is 4.74 Å². The number of ether oxygens (including phenoxy) is 1. The van der Waals surface area contributed by atoms with Crippen LogP contribution in [0.1, 0.15) is 27.7 Å². The molecule has 0 saturated heterocycles. The summed E-state index contributed by atoms with van der Waals surface area (Å²) in [6, 6.07) is 0. The molecule has 0 bridgehead atoms. The summed E-state index contributed by atoms with van der Waals surface area (Å²) >= 11 is 0. The van der Waals surface area contributed by atoms with Gasteiger partial charge >= 0.3 is 0 Å². The predicted octanol–water partition coefficient (Wildman–Crippen LogP) is 2.75. The molecule has 0 radical (unpaired) electrons. The summed E-state index contributed by atoms with van der Waals surface area (Å²) in [5.41, 5.74) is -2.20. The molecule has 0 aromatic rings. The average molecular weight is 170 g/mol. The van der Waals surface area contributed by atoms with Crippen molar-refractivity contribution in [2.24, 2.45) is 0 Å². The second-order valence-electron chi connectivity index (χ2n) is 3.05. The van der Waals surface area contributed by atoms with Gasteiger partial charge in [-0.3, -0.25) is 0 Å². The Balaban J connectivity index is 4.22. The van der Waals surface area contributed by atoms with Crippen molar-refractivity contribution in [2.75, 3.05) is 0 Å². The van der Waals surface area contributed by atoms with Crippen molar-refractivity contribution in [3.8, 4) is 0 Å². The highest BCUT2D eigenvalue weighted by Gasteiger charge is 2.44. The van der Waals surface area contributed by atoms with Gasteiger partial charge in [0.15, 0.2) is 12.0 Å². The standard InChI is InChI=1S/C7H13F3O/c1-5(8)11-7(4,10)6(2,3)9/h5H,1-4H3. The van der Waals surface area contributed by atoms with E-state index >= 15 is 0 Å². The molecule has 2 atom stereocenters. The third kappa shape index (κ3) is 3.10. The van der Waals surface area contributed by atoms with Crippen molar-refractivity contribution >= 4 is 0 Å². The zero-order chi connectivity index (χ0) is 9.28. The van der Waals surface area contributed by atoms with Gasteiger partial charge in [-0.25, -0.2) is 13.2 Å². The molecule has 0 amide bonds. The highest BCUT2D eigenvalue weighted by Crippen LogP contribution is 2.31. The second-order valence-corrected chi connectivity index (χ2v) is 3.05. The van der Waals surface area contributed by atoms with E-state index in [-0.39, 0.29) is 0 Å². The van der Waals surface area contributed by atoms with E-state index in [0.717, 1.165) is 27.7 Å². The molecule has 1 nitrogen and oxygen atoms in total. The molecule has 2 unspecified atom stereocenters. The molecule has 0 aliphatic heterocycles. The lowest BCUT2D eigenvalue weighted by Gasteiger charge is -2.30. The molecule has 11 heavy (non-hydrogen) atoms. The van der Waals surface area contributed by atoms with Crippen LogP contribution in [0.2, 0.25) is 0 Å². The molecule has 0 heterocycles. The normalized spacial score (nSPS) is 21.0. The van der Waals surface area contributed by atoms with Gasteiger partial charge in [0.05, 0.1) is 0 Å². The fourth-order valence-corrected chi connectivity index (χ4v) is 0.445. The molecule has 0 aliphatic rings. The van der Waals surface area contributed by atoms with E-state index in [9.17, 15) is 13.2 Å². The van der Waals surface area contributed by atoms with Gasteiger partial charge in [-0.05, 0) is 27.7 Å². The summed E-state index contributed by atoms with van der Waals surface area (Å²) in [6.45, 7) is 3.86. The lowest BCUT2D eigenvalue weighted by molar-refractivity contribution is -0.253.